The third kappa shape index (κ3) is 3.69. The van der Waals surface area contributed by atoms with Crippen molar-refractivity contribution in [2.24, 2.45) is 0 Å². The van der Waals surface area contributed by atoms with Crippen LogP contribution in [0.2, 0.25) is 0 Å². The molecular weight excluding hydrogens is 440 g/mol. The van der Waals surface area contributed by atoms with E-state index in [0.717, 1.165) is 55.6 Å². The molecule has 1 aliphatic heterocycles. The number of rotatable bonds is 6. The highest BCUT2D eigenvalue weighted by molar-refractivity contribution is 9.10. The lowest BCUT2D eigenvalue weighted by molar-refractivity contribution is 0.0979. The standard InChI is InChI=1S/C24H33BrN4O/c1-5-9-29-14-16(26-24(30)28(7-3)8-4)12-17-18-10-15(25)11-21-23(18)19(13-22(17)29)20(6-2)27-21/h6,10-11,16-17,22,27H,2,5,7-9,12-14H2,1,3-4H3,(H,26,30)/t16-,17+,22+/m0/s1. The Labute approximate surface area is 188 Å². The van der Waals surface area contributed by atoms with Gasteiger partial charge < -0.3 is 15.2 Å². The number of benzene rings is 1. The van der Waals surface area contributed by atoms with E-state index in [1.54, 1.807) is 0 Å². The number of aromatic amines is 1. The summed E-state index contributed by atoms with van der Waals surface area (Å²) < 4.78 is 1.10. The third-order valence-electron chi connectivity index (χ3n) is 6.86. The highest BCUT2D eigenvalue weighted by Gasteiger charge is 2.41. The minimum absolute atomic E-state index is 0.0615. The first-order chi connectivity index (χ1) is 14.5. The van der Waals surface area contributed by atoms with E-state index in [-0.39, 0.29) is 12.1 Å². The zero-order valence-electron chi connectivity index (χ0n) is 18.3. The number of fused-ring (bicyclic) bond motifs is 2. The molecule has 2 aliphatic rings. The van der Waals surface area contributed by atoms with E-state index in [0.29, 0.717) is 12.0 Å². The second-order valence-corrected chi connectivity index (χ2v) is 9.48. The van der Waals surface area contributed by atoms with Crippen molar-refractivity contribution in [3.05, 3.63) is 40.0 Å². The van der Waals surface area contributed by atoms with Crippen molar-refractivity contribution in [1.82, 2.24) is 20.1 Å². The SMILES string of the molecule is C=Cc1[nH]c2cc(Br)cc3c2c1C[C@@H]1[C@@H]3C[C@H](NC(=O)N(CC)CC)CN1CCC. The second-order valence-electron chi connectivity index (χ2n) is 8.57. The number of urea groups is 1. The van der Waals surface area contributed by atoms with Crippen LogP contribution in [0.25, 0.3) is 17.0 Å². The molecule has 0 saturated carbocycles. The molecule has 2 N–H and O–H groups in total. The summed E-state index contributed by atoms with van der Waals surface area (Å²) in [4.78, 5) is 20.8. The predicted molar refractivity (Wildman–Crippen MR) is 128 cm³/mol. The molecule has 1 aromatic carbocycles. The fourth-order valence-electron chi connectivity index (χ4n) is 5.55. The molecule has 6 heteroatoms. The average molecular weight is 473 g/mol. The monoisotopic (exact) mass is 472 g/mol. The van der Waals surface area contributed by atoms with E-state index < -0.39 is 0 Å². The largest absolute Gasteiger partial charge is 0.355 e. The predicted octanol–water partition coefficient (Wildman–Crippen LogP) is 5.12. The summed E-state index contributed by atoms with van der Waals surface area (Å²) in [6.45, 7) is 13.8. The number of amides is 2. The molecule has 0 bridgehead atoms. The summed E-state index contributed by atoms with van der Waals surface area (Å²) in [5, 5.41) is 4.70. The van der Waals surface area contributed by atoms with Crippen molar-refractivity contribution in [2.75, 3.05) is 26.2 Å². The van der Waals surface area contributed by atoms with Crippen LogP contribution in [-0.4, -0.2) is 59.1 Å². The number of nitrogens with one attached hydrogen (secondary N) is 2. The maximum atomic E-state index is 12.8. The van der Waals surface area contributed by atoms with Crippen molar-refractivity contribution in [1.29, 1.82) is 0 Å². The Kier molecular flexibility index (Phi) is 6.26. The molecule has 1 aliphatic carbocycles. The summed E-state index contributed by atoms with van der Waals surface area (Å²) in [6, 6.07) is 5.15. The lowest BCUT2D eigenvalue weighted by Gasteiger charge is -2.47. The van der Waals surface area contributed by atoms with Crippen LogP contribution in [0.15, 0.2) is 23.2 Å². The molecule has 30 heavy (non-hydrogen) atoms. The Bertz CT molecular complexity index is 948. The normalized spacial score (nSPS) is 23.3. The molecule has 5 nitrogen and oxygen atoms in total. The smallest absolute Gasteiger partial charge is 0.317 e. The zero-order chi connectivity index (χ0) is 21.4. The van der Waals surface area contributed by atoms with Gasteiger partial charge in [-0.15, -0.1) is 0 Å². The van der Waals surface area contributed by atoms with Gasteiger partial charge in [0.25, 0.3) is 0 Å². The van der Waals surface area contributed by atoms with Crippen LogP contribution in [0.3, 0.4) is 0 Å². The molecule has 0 unspecified atom stereocenters. The minimum atomic E-state index is 0.0615. The van der Waals surface area contributed by atoms with Gasteiger partial charge in [0.15, 0.2) is 0 Å². The fourth-order valence-corrected chi connectivity index (χ4v) is 6.02. The first kappa shape index (κ1) is 21.4. The Morgan fingerprint density at radius 3 is 2.80 bits per heavy atom. The summed E-state index contributed by atoms with van der Waals surface area (Å²) >= 11 is 3.72. The average Bonchev–Trinajstić information content (AvgIpc) is 3.07. The lowest BCUT2D eigenvalue weighted by Crippen LogP contribution is -2.57. The van der Waals surface area contributed by atoms with Crippen molar-refractivity contribution in [3.8, 4) is 0 Å². The number of aromatic nitrogens is 1. The number of halogens is 1. The number of likely N-dealkylation sites (tertiary alicyclic amines) is 1. The van der Waals surface area contributed by atoms with E-state index in [1.807, 2.05) is 24.8 Å². The van der Waals surface area contributed by atoms with Crippen LogP contribution >= 0.6 is 15.9 Å². The van der Waals surface area contributed by atoms with Crippen LogP contribution in [-0.2, 0) is 6.42 Å². The van der Waals surface area contributed by atoms with Gasteiger partial charge >= 0.3 is 6.03 Å². The van der Waals surface area contributed by atoms with Crippen LogP contribution in [0, 0.1) is 0 Å². The van der Waals surface area contributed by atoms with Gasteiger partial charge in [0.05, 0.1) is 0 Å². The highest BCUT2D eigenvalue weighted by atomic mass is 79.9. The molecular formula is C24H33BrN4O. The Hall–Kier alpha value is -1.79. The van der Waals surface area contributed by atoms with Gasteiger partial charge in [-0.1, -0.05) is 29.4 Å². The number of hydrogen-bond acceptors (Lipinski definition) is 2. The maximum Gasteiger partial charge on any atom is 0.317 e. The van der Waals surface area contributed by atoms with Gasteiger partial charge in [-0.25, -0.2) is 4.79 Å². The Balaban J connectivity index is 1.71. The minimum Gasteiger partial charge on any atom is -0.355 e. The van der Waals surface area contributed by atoms with Gasteiger partial charge in [-0.2, -0.15) is 0 Å². The molecule has 2 aromatic rings. The van der Waals surface area contributed by atoms with E-state index in [4.69, 9.17) is 0 Å². The van der Waals surface area contributed by atoms with Crippen LogP contribution < -0.4 is 5.32 Å². The molecule has 2 amide bonds. The molecule has 3 atom stereocenters. The summed E-state index contributed by atoms with van der Waals surface area (Å²) in [5.74, 6) is 0.410. The quantitative estimate of drug-likeness (QED) is 0.612. The summed E-state index contributed by atoms with van der Waals surface area (Å²) in [5.41, 5.74) is 5.13. The molecule has 4 rings (SSSR count). The van der Waals surface area contributed by atoms with Crippen LogP contribution in [0.5, 0.6) is 0 Å². The molecule has 1 aromatic heterocycles. The molecule has 1 saturated heterocycles. The van der Waals surface area contributed by atoms with E-state index in [2.05, 4.69) is 56.8 Å². The third-order valence-corrected chi connectivity index (χ3v) is 7.32. The van der Waals surface area contributed by atoms with Gasteiger partial charge in [-0.05, 0) is 69.0 Å². The Morgan fingerprint density at radius 2 is 2.13 bits per heavy atom. The molecule has 2 heterocycles. The van der Waals surface area contributed by atoms with Crippen LogP contribution in [0.1, 0.15) is 56.4 Å². The van der Waals surface area contributed by atoms with E-state index in [9.17, 15) is 4.79 Å². The highest BCUT2D eigenvalue weighted by Crippen LogP contribution is 2.46. The van der Waals surface area contributed by atoms with Crippen molar-refractivity contribution < 1.29 is 4.79 Å². The van der Waals surface area contributed by atoms with Gasteiger partial charge in [0.1, 0.15) is 0 Å². The number of carbonyl (C=O) groups is 1. The molecule has 162 valence electrons. The van der Waals surface area contributed by atoms with Crippen LogP contribution in [0.4, 0.5) is 4.79 Å². The topological polar surface area (TPSA) is 51.4 Å². The van der Waals surface area contributed by atoms with Gasteiger partial charge in [0, 0.05) is 58.7 Å². The number of piperidine rings is 1. The first-order valence-electron chi connectivity index (χ1n) is 11.3. The summed E-state index contributed by atoms with van der Waals surface area (Å²) in [7, 11) is 0. The molecule has 0 radical (unpaired) electrons. The van der Waals surface area contributed by atoms with Gasteiger partial charge in [0.2, 0.25) is 0 Å². The number of carbonyl (C=O) groups excluding carboxylic acids is 1. The maximum absolute atomic E-state index is 12.8. The fraction of sp³-hybridized carbons (Fsp3) is 0.542. The van der Waals surface area contributed by atoms with Crippen molar-refractivity contribution in [3.63, 3.8) is 0 Å². The molecule has 1 fully saturated rings. The first-order valence-corrected chi connectivity index (χ1v) is 12.1. The van der Waals surface area contributed by atoms with Gasteiger partial charge in [-0.3, -0.25) is 4.90 Å². The Morgan fingerprint density at radius 1 is 1.37 bits per heavy atom. The summed E-state index contributed by atoms with van der Waals surface area (Å²) in [6.07, 6.45) is 5.09. The number of nitrogens with zero attached hydrogens (tertiary/aromatic N) is 2. The van der Waals surface area contributed by atoms with Crippen molar-refractivity contribution in [2.45, 2.75) is 58.0 Å². The molecule has 0 spiro atoms. The number of hydrogen-bond donors (Lipinski definition) is 2. The van der Waals surface area contributed by atoms with E-state index >= 15 is 0 Å². The van der Waals surface area contributed by atoms with E-state index in [1.165, 1.54) is 22.0 Å². The number of H-pyrrole nitrogens is 1. The van der Waals surface area contributed by atoms with Crippen molar-refractivity contribution >= 4 is 38.9 Å². The lowest BCUT2D eigenvalue weighted by atomic mass is 9.73. The second kappa shape index (κ2) is 8.75. The zero-order valence-corrected chi connectivity index (χ0v) is 19.9.